The van der Waals surface area contributed by atoms with E-state index in [1.54, 1.807) is 4.90 Å². The molecule has 2 fully saturated rings. The van der Waals surface area contributed by atoms with Crippen LogP contribution in [0.2, 0.25) is 0 Å². The molecule has 3 heterocycles. The van der Waals surface area contributed by atoms with E-state index >= 15 is 0 Å². The number of allylic oxidation sites excluding steroid dienone is 1. The standard InChI is InChI=1S/C25H30N4O2/c30-23(7-6-19-4-2-1-3-5-19)28-12-9-25(10-13-28)14-22(25)16-27-24(31)29-17-20-8-11-26-15-21(20)18-29/h1-5,8,11,15,17,22,26H,6-7,9-10,12-14,16,18H2,(H,27,31). The molecule has 1 spiro atoms. The van der Waals surface area contributed by atoms with Gasteiger partial charge in [0.25, 0.3) is 0 Å². The summed E-state index contributed by atoms with van der Waals surface area (Å²) in [6.07, 6.45) is 12.4. The number of benzene rings is 1. The average molecular weight is 419 g/mol. The number of carbonyl (C=O) groups excluding carboxylic acids is 2. The number of nitrogens with zero attached hydrogens (tertiary/aromatic N) is 2. The number of fused-ring (bicyclic) bond motifs is 1. The van der Waals surface area contributed by atoms with Crippen LogP contribution in [-0.4, -0.2) is 47.9 Å². The SMILES string of the molecule is O=C(NCC1CC12CCN(C(=O)CCc1ccccc1)CC2)N1C=C2C=CNC=C2C1. The van der Waals surface area contributed by atoms with E-state index in [1.807, 2.05) is 47.8 Å². The summed E-state index contributed by atoms with van der Waals surface area (Å²) in [5.41, 5.74) is 3.79. The van der Waals surface area contributed by atoms with Gasteiger partial charge in [0.1, 0.15) is 0 Å². The molecule has 5 rings (SSSR count). The Morgan fingerprint density at radius 1 is 1.16 bits per heavy atom. The number of dihydropyridines is 1. The molecule has 0 bridgehead atoms. The summed E-state index contributed by atoms with van der Waals surface area (Å²) < 4.78 is 0. The minimum absolute atomic E-state index is 0.0215. The fourth-order valence-corrected chi connectivity index (χ4v) is 5.17. The quantitative estimate of drug-likeness (QED) is 0.772. The van der Waals surface area contributed by atoms with Gasteiger partial charge in [-0.05, 0) is 59.8 Å². The van der Waals surface area contributed by atoms with Gasteiger partial charge in [-0.2, -0.15) is 0 Å². The third-order valence-electron chi connectivity index (χ3n) is 7.32. The summed E-state index contributed by atoms with van der Waals surface area (Å²) in [5, 5.41) is 6.20. The summed E-state index contributed by atoms with van der Waals surface area (Å²) in [7, 11) is 0. The van der Waals surface area contributed by atoms with E-state index < -0.39 is 0 Å². The van der Waals surface area contributed by atoms with Crippen molar-refractivity contribution < 1.29 is 9.59 Å². The molecule has 1 aliphatic carbocycles. The topological polar surface area (TPSA) is 64.7 Å². The minimum Gasteiger partial charge on any atom is -0.367 e. The first kappa shape index (κ1) is 19.9. The van der Waals surface area contributed by atoms with Crippen molar-refractivity contribution in [1.29, 1.82) is 0 Å². The molecule has 6 heteroatoms. The Kier molecular flexibility index (Phi) is 5.30. The van der Waals surface area contributed by atoms with E-state index in [9.17, 15) is 9.59 Å². The van der Waals surface area contributed by atoms with Gasteiger partial charge >= 0.3 is 6.03 Å². The summed E-state index contributed by atoms with van der Waals surface area (Å²) in [4.78, 5) is 29.0. The molecule has 31 heavy (non-hydrogen) atoms. The first-order valence-electron chi connectivity index (χ1n) is 11.3. The third-order valence-corrected chi connectivity index (χ3v) is 7.32. The monoisotopic (exact) mass is 418 g/mol. The van der Waals surface area contributed by atoms with Gasteiger partial charge < -0.3 is 15.5 Å². The molecule has 0 aromatic heterocycles. The van der Waals surface area contributed by atoms with Crippen LogP contribution < -0.4 is 10.6 Å². The van der Waals surface area contributed by atoms with Gasteiger partial charge in [0.05, 0.1) is 6.54 Å². The van der Waals surface area contributed by atoms with E-state index in [1.165, 1.54) is 5.56 Å². The predicted molar refractivity (Wildman–Crippen MR) is 120 cm³/mol. The Morgan fingerprint density at radius 3 is 2.74 bits per heavy atom. The number of urea groups is 1. The molecule has 1 saturated carbocycles. The zero-order chi connectivity index (χ0) is 21.3. The van der Waals surface area contributed by atoms with Crippen molar-refractivity contribution in [2.75, 3.05) is 26.2 Å². The van der Waals surface area contributed by atoms with E-state index in [0.29, 0.717) is 24.3 Å². The lowest BCUT2D eigenvalue weighted by Crippen LogP contribution is -2.41. The summed E-state index contributed by atoms with van der Waals surface area (Å²) in [6, 6.07) is 10.2. The zero-order valence-corrected chi connectivity index (χ0v) is 17.8. The number of piperidine rings is 1. The van der Waals surface area contributed by atoms with Crippen LogP contribution in [0.4, 0.5) is 4.79 Å². The van der Waals surface area contributed by atoms with Crippen LogP contribution in [0.5, 0.6) is 0 Å². The summed E-state index contributed by atoms with van der Waals surface area (Å²) in [6.45, 7) is 3.05. The molecule has 1 saturated heterocycles. The van der Waals surface area contributed by atoms with Crippen molar-refractivity contribution in [3.63, 3.8) is 0 Å². The highest BCUT2D eigenvalue weighted by molar-refractivity contribution is 5.78. The predicted octanol–water partition coefficient (Wildman–Crippen LogP) is 3.16. The second kappa shape index (κ2) is 8.25. The largest absolute Gasteiger partial charge is 0.367 e. The molecule has 6 nitrogen and oxygen atoms in total. The minimum atomic E-state index is -0.0215. The van der Waals surface area contributed by atoms with Crippen LogP contribution in [0.1, 0.15) is 31.2 Å². The van der Waals surface area contributed by atoms with Gasteiger partial charge in [0.2, 0.25) is 5.91 Å². The molecule has 162 valence electrons. The zero-order valence-electron chi connectivity index (χ0n) is 17.8. The van der Waals surface area contributed by atoms with Crippen LogP contribution in [-0.2, 0) is 11.2 Å². The van der Waals surface area contributed by atoms with Gasteiger partial charge in [-0.3, -0.25) is 9.69 Å². The summed E-state index contributed by atoms with van der Waals surface area (Å²) in [5.74, 6) is 0.807. The Morgan fingerprint density at radius 2 is 1.97 bits per heavy atom. The first-order valence-corrected chi connectivity index (χ1v) is 11.3. The molecular formula is C25H30N4O2. The maximum absolute atomic E-state index is 12.6. The van der Waals surface area contributed by atoms with E-state index in [-0.39, 0.29) is 11.9 Å². The van der Waals surface area contributed by atoms with Gasteiger partial charge in [0.15, 0.2) is 0 Å². The molecule has 1 unspecified atom stereocenters. The highest BCUT2D eigenvalue weighted by Crippen LogP contribution is 2.59. The summed E-state index contributed by atoms with van der Waals surface area (Å²) >= 11 is 0. The van der Waals surface area contributed by atoms with Gasteiger partial charge in [-0.15, -0.1) is 0 Å². The van der Waals surface area contributed by atoms with Gasteiger partial charge in [0, 0.05) is 44.7 Å². The second-order valence-electron chi connectivity index (χ2n) is 9.20. The van der Waals surface area contributed by atoms with Gasteiger partial charge in [-0.25, -0.2) is 4.79 Å². The molecule has 1 atom stereocenters. The number of nitrogens with one attached hydrogen (secondary N) is 2. The number of amides is 3. The van der Waals surface area contributed by atoms with E-state index in [4.69, 9.17) is 0 Å². The highest BCUT2D eigenvalue weighted by Gasteiger charge is 2.54. The Balaban J connectivity index is 1.04. The maximum Gasteiger partial charge on any atom is 0.321 e. The average Bonchev–Trinajstić information content (AvgIpc) is 3.28. The Labute approximate surface area is 183 Å². The van der Waals surface area contributed by atoms with Crippen LogP contribution in [0.3, 0.4) is 0 Å². The van der Waals surface area contributed by atoms with Crippen molar-refractivity contribution in [2.45, 2.75) is 32.1 Å². The molecule has 3 amide bonds. The third kappa shape index (κ3) is 4.24. The number of likely N-dealkylation sites (tertiary alicyclic amines) is 1. The smallest absolute Gasteiger partial charge is 0.321 e. The molecular weight excluding hydrogens is 388 g/mol. The van der Waals surface area contributed by atoms with Crippen molar-refractivity contribution >= 4 is 11.9 Å². The number of carbonyl (C=O) groups is 2. The van der Waals surface area contributed by atoms with Crippen molar-refractivity contribution in [2.24, 2.45) is 11.3 Å². The van der Waals surface area contributed by atoms with E-state index in [0.717, 1.165) is 56.5 Å². The number of hydrogen-bond donors (Lipinski definition) is 2. The number of aryl methyl sites for hydroxylation is 1. The molecule has 3 aliphatic heterocycles. The van der Waals surface area contributed by atoms with E-state index in [2.05, 4.69) is 22.8 Å². The molecule has 0 radical (unpaired) electrons. The lowest BCUT2D eigenvalue weighted by atomic mass is 9.90. The number of rotatable bonds is 5. The molecule has 4 aliphatic rings. The van der Waals surface area contributed by atoms with Crippen LogP contribution in [0, 0.1) is 11.3 Å². The van der Waals surface area contributed by atoms with Crippen molar-refractivity contribution in [3.05, 3.63) is 71.7 Å². The lowest BCUT2D eigenvalue weighted by molar-refractivity contribution is -0.132. The maximum atomic E-state index is 12.6. The fourth-order valence-electron chi connectivity index (χ4n) is 5.17. The Hall–Kier alpha value is -3.02. The fraction of sp³-hybridized carbons (Fsp3) is 0.440. The second-order valence-corrected chi connectivity index (χ2v) is 9.20. The normalized spacial score (nSPS) is 23.0. The van der Waals surface area contributed by atoms with Gasteiger partial charge in [-0.1, -0.05) is 30.3 Å². The van der Waals surface area contributed by atoms with Crippen LogP contribution in [0.15, 0.2) is 66.2 Å². The molecule has 2 N–H and O–H groups in total. The Bertz CT molecular complexity index is 942. The molecule has 1 aromatic carbocycles. The highest BCUT2D eigenvalue weighted by atomic mass is 16.2. The van der Waals surface area contributed by atoms with Crippen LogP contribution >= 0.6 is 0 Å². The number of hydrogen-bond acceptors (Lipinski definition) is 3. The van der Waals surface area contributed by atoms with Crippen molar-refractivity contribution in [3.8, 4) is 0 Å². The first-order chi connectivity index (χ1) is 15.1. The van der Waals surface area contributed by atoms with Crippen molar-refractivity contribution in [1.82, 2.24) is 20.4 Å². The lowest BCUT2D eigenvalue weighted by Gasteiger charge is -2.33. The molecule has 1 aromatic rings. The van der Waals surface area contributed by atoms with Crippen LogP contribution in [0.25, 0.3) is 0 Å².